The third-order valence-electron chi connectivity index (χ3n) is 10.0. The Hall–Kier alpha value is -5.84. The summed E-state index contributed by atoms with van der Waals surface area (Å²) in [5, 5.41) is 23.4. The molecule has 2 heterocycles. The highest BCUT2D eigenvalue weighted by atomic mass is 16.3. The molecule has 5 aromatic carbocycles. The number of nitriles is 2. The number of hydrogen-bond acceptors (Lipinski definition) is 3. The number of nitrogens with zero attached hydrogens (tertiary/aromatic N) is 3. The molecule has 0 spiro atoms. The van der Waals surface area contributed by atoms with Gasteiger partial charge in [0.1, 0.15) is 11.3 Å². The van der Waals surface area contributed by atoms with Gasteiger partial charge in [-0.1, -0.05) is 68.5 Å². The van der Waals surface area contributed by atoms with Crippen molar-refractivity contribution < 1.29 is 4.42 Å². The zero-order chi connectivity index (χ0) is 30.4. The summed E-state index contributed by atoms with van der Waals surface area (Å²) in [5.41, 5.74) is 12.3. The van der Waals surface area contributed by atoms with Crippen molar-refractivity contribution in [3.63, 3.8) is 0 Å². The second kappa shape index (κ2) is 9.08. The Labute approximate surface area is 260 Å². The number of aromatic nitrogens is 1. The summed E-state index contributed by atoms with van der Waals surface area (Å²) in [6.07, 6.45) is 5.02. The van der Waals surface area contributed by atoms with E-state index >= 15 is 0 Å². The van der Waals surface area contributed by atoms with Crippen LogP contribution in [0.4, 0.5) is 0 Å². The van der Waals surface area contributed by atoms with Crippen molar-refractivity contribution in [2.75, 3.05) is 0 Å². The molecule has 0 N–H and O–H groups in total. The molecule has 212 valence electrons. The average Bonchev–Trinajstić information content (AvgIpc) is 3.68. The fraction of sp³-hybridized carbons (Fsp3) is 0.122. The number of para-hydroxylation sites is 1. The Kier molecular flexibility index (Phi) is 5.18. The van der Waals surface area contributed by atoms with Crippen molar-refractivity contribution in [1.29, 1.82) is 10.5 Å². The van der Waals surface area contributed by atoms with E-state index in [-0.39, 0.29) is 11.3 Å². The van der Waals surface area contributed by atoms with E-state index in [1.165, 1.54) is 22.3 Å². The van der Waals surface area contributed by atoms with E-state index < -0.39 is 0 Å². The van der Waals surface area contributed by atoms with E-state index in [0.717, 1.165) is 61.8 Å². The van der Waals surface area contributed by atoms with E-state index in [1.54, 1.807) is 0 Å². The van der Waals surface area contributed by atoms with Crippen molar-refractivity contribution in [3.8, 4) is 29.0 Å². The lowest BCUT2D eigenvalue weighted by atomic mass is 9.79. The number of hydrogen-bond donors (Lipinski definition) is 0. The minimum Gasteiger partial charge on any atom is -0.456 e. The summed E-state index contributed by atoms with van der Waals surface area (Å²) in [5.74, 6) is 0.769. The van der Waals surface area contributed by atoms with Gasteiger partial charge in [-0.3, -0.25) is 0 Å². The molecule has 7 aromatic rings. The van der Waals surface area contributed by atoms with Crippen molar-refractivity contribution in [3.05, 3.63) is 142 Å². The highest BCUT2D eigenvalue weighted by Gasteiger charge is 2.37. The van der Waals surface area contributed by atoms with Crippen molar-refractivity contribution in [2.45, 2.75) is 31.6 Å². The third-order valence-corrected chi connectivity index (χ3v) is 10.0. The summed E-state index contributed by atoms with van der Waals surface area (Å²) in [7, 11) is 0. The van der Waals surface area contributed by atoms with E-state index in [2.05, 4.69) is 97.3 Å². The van der Waals surface area contributed by atoms with Crippen LogP contribution in [-0.2, 0) is 5.41 Å². The number of fused-ring (bicyclic) bond motifs is 9. The molecule has 9 rings (SSSR count). The molecule has 4 nitrogen and oxygen atoms in total. The molecule has 0 bridgehead atoms. The first-order valence-electron chi connectivity index (χ1n) is 15.3. The number of furan rings is 1. The SMILES string of the molecule is CC1(C)c2ccccc2-c2cc3c4c(oc3cc21)C=CCC4c1c(C#N)cccc1-n1c2ccccc2c2cc(C#N)ccc21. The van der Waals surface area contributed by atoms with Gasteiger partial charge >= 0.3 is 0 Å². The first-order chi connectivity index (χ1) is 22.0. The third kappa shape index (κ3) is 3.40. The second-order valence-corrected chi connectivity index (χ2v) is 12.7. The van der Waals surface area contributed by atoms with Crippen LogP contribution in [0.15, 0.2) is 108 Å². The van der Waals surface area contributed by atoms with Crippen LogP contribution >= 0.6 is 0 Å². The predicted molar refractivity (Wildman–Crippen MR) is 179 cm³/mol. The summed E-state index contributed by atoms with van der Waals surface area (Å²) < 4.78 is 8.89. The maximum absolute atomic E-state index is 10.5. The molecule has 0 fully saturated rings. The van der Waals surface area contributed by atoms with Gasteiger partial charge in [-0.25, -0.2) is 0 Å². The van der Waals surface area contributed by atoms with Gasteiger partial charge in [0.25, 0.3) is 0 Å². The minimum atomic E-state index is -0.120. The first kappa shape index (κ1) is 25.6. The van der Waals surface area contributed by atoms with E-state index in [4.69, 9.17) is 4.42 Å². The molecule has 1 unspecified atom stereocenters. The fourth-order valence-corrected chi connectivity index (χ4v) is 8.02. The normalized spacial score (nSPS) is 16.0. The molecule has 1 atom stereocenters. The van der Waals surface area contributed by atoms with Gasteiger partial charge in [0.2, 0.25) is 0 Å². The van der Waals surface area contributed by atoms with Crippen LogP contribution in [-0.4, -0.2) is 4.57 Å². The van der Waals surface area contributed by atoms with Gasteiger partial charge in [0.15, 0.2) is 0 Å². The number of benzene rings is 5. The maximum Gasteiger partial charge on any atom is 0.135 e. The zero-order valence-electron chi connectivity index (χ0n) is 24.9. The highest BCUT2D eigenvalue weighted by Crippen LogP contribution is 2.52. The topological polar surface area (TPSA) is 65.7 Å². The molecule has 0 saturated carbocycles. The largest absolute Gasteiger partial charge is 0.456 e. The Morgan fingerprint density at radius 3 is 2.42 bits per heavy atom. The molecule has 45 heavy (non-hydrogen) atoms. The van der Waals surface area contributed by atoms with Crippen molar-refractivity contribution in [2.24, 2.45) is 0 Å². The number of rotatable bonds is 2. The van der Waals surface area contributed by atoms with Crippen LogP contribution in [0.5, 0.6) is 0 Å². The maximum atomic E-state index is 10.5. The molecular formula is C41H27N3O. The van der Waals surface area contributed by atoms with Gasteiger partial charge in [0, 0.05) is 38.6 Å². The molecular weight excluding hydrogens is 550 g/mol. The first-order valence-corrected chi connectivity index (χ1v) is 15.3. The van der Waals surface area contributed by atoms with Gasteiger partial charge in [0.05, 0.1) is 40.0 Å². The van der Waals surface area contributed by atoms with Crippen molar-refractivity contribution in [1.82, 2.24) is 4.57 Å². The average molecular weight is 578 g/mol. The highest BCUT2D eigenvalue weighted by molar-refractivity contribution is 6.10. The second-order valence-electron chi connectivity index (χ2n) is 12.7. The monoisotopic (exact) mass is 577 g/mol. The Morgan fingerprint density at radius 1 is 0.733 bits per heavy atom. The molecule has 0 amide bonds. The Morgan fingerprint density at radius 2 is 1.56 bits per heavy atom. The molecule has 2 aromatic heterocycles. The van der Waals surface area contributed by atoms with E-state index in [1.807, 2.05) is 42.5 Å². The molecule has 0 aliphatic heterocycles. The van der Waals surface area contributed by atoms with Gasteiger partial charge in [-0.15, -0.1) is 0 Å². The lowest BCUT2D eigenvalue weighted by Crippen LogP contribution is -2.14. The summed E-state index contributed by atoms with van der Waals surface area (Å²) >= 11 is 0. The van der Waals surface area contributed by atoms with Gasteiger partial charge in [-0.2, -0.15) is 10.5 Å². The molecule has 4 heteroatoms. The quantitative estimate of drug-likeness (QED) is 0.205. The van der Waals surface area contributed by atoms with Gasteiger partial charge < -0.3 is 8.98 Å². The lowest BCUT2D eigenvalue weighted by molar-refractivity contribution is 0.586. The van der Waals surface area contributed by atoms with Crippen LogP contribution in [0.3, 0.4) is 0 Å². The molecule has 2 aliphatic carbocycles. The van der Waals surface area contributed by atoms with Crippen LogP contribution in [0.1, 0.15) is 65.3 Å². The Bertz CT molecular complexity index is 2530. The Balaban J connectivity index is 1.33. The molecule has 2 aliphatic rings. The summed E-state index contributed by atoms with van der Waals surface area (Å²) in [4.78, 5) is 0. The zero-order valence-corrected chi connectivity index (χ0v) is 24.9. The summed E-state index contributed by atoms with van der Waals surface area (Å²) in [6, 6.07) is 38.3. The lowest BCUT2D eigenvalue weighted by Gasteiger charge is -2.24. The standard InChI is InChI=1S/C41H27N3O/c1-41(2)32-13-5-3-10-26(32)29-20-31-38(21-33(29)41)45-37-16-8-12-28(40(31)37)39-25(23-43)9-7-15-36(39)44-34-14-6-4-11-27(34)30-19-24(22-42)17-18-35(30)44/h3-11,13-21,28H,12H2,1-2H3. The van der Waals surface area contributed by atoms with Crippen LogP contribution < -0.4 is 0 Å². The van der Waals surface area contributed by atoms with Crippen LogP contribution in [0.2, 0.25) is 0 Å². The van der Waals surface area contributed by atoms with Gasteiger partial charge in [-0.05, 0) is 83.3 Å². The summed E-state index contributed by atoms with van der Waals surface area (Å²) in [6.45, 7) is 4.57. The van der Waals surface area contributed by atoms with Crippen molar-refractivity contribution >= 4 is 38.9 Å². The van der Waals surface area contributed by atoms with E-state index in [9.17, 15) is 10.5 Å². The van der Waals surface area contributed by atoms with Crippen LogP contribution in [0, 0.1) is 22.7 Å². The smallest absolute Gasteiger partial charge is 0.135 e. The van der Waals surface area contributed by atoms with Crippen LogP contribution in [0.25, 0.3) is 55.7 Å². The number of allylic oxidation sites excluding steroid dienone is 1. The predicted octanol–water partition coefficient (Wildman–Crippen LogP) is 10.1. The molecule has 0 radical (unpaired) electrons. The molecule has 0 saturated heterocycles. The fourth-order valence-electron chi connectivity index (χ4n) is 8.02. The minimum absolute atomic E-state index is 0.0885. The van der Waals surface area contributed by atoms with E-state index in [0.29, 0.717) is 11.1 Å².